The lowest BCUT2D eigenvalue weighted by Crippen LogP contribution is -2.43. The third-order valence-electron chi connectivity index (χ3n) is 2.76. The maximum Gasteiger partial charge on any atom is 0.161 e. The molecule has 5 heteroatoms. The van der Waals surface area contributed by atoms with Crippen LogP contribution >= 0.6 is 12.4 Å². The highest BCUT2D eigenvalue weighted by Gasteiger charge is 2.27. The number of para-hydroxylation sites is 2. The highest BCUT2D eigenvalue weighted by Crippen LogP contribution is 2.33. The van der Waals surface area contributed by atoms with E-state index in [2.05, 4.69) is 0 Å². The summed E-state index contributed by atoms with van der Waals surface area (Å²) in [5.41, 5.74) is 0. The van der Waals surface area contributed by atoms with Gasteiger partial charge in [0.2, 0.25) is 0 Å². The smallest absolute Gasteiger partial charge is 0.161 e. The summed E-state index contributed by atoms with van der Waals surface area (Å²) in [6, 6.07) is 7.36. The van der Waals surface area contributed by atoms with Crippen LogP contribution in [0.1, 0.15) is 13.3 Å². The third-order valence-corrected chi connectivity index (χ3v) is 2.76. The number of ether oxygens (including phenoxy) is 2. The summed E-state index contributed by atoms with van der Waals surface area (Å²) in [5.74, 6) is 0.355. The predicted octanol–water partition coefficient (Wildman–Crippen LogP) is 1.61. The van der Waals surface area contributed by atoms with Crippen molar-refractivity contribution in [1.82, 2.24) is 0 Å². The highest BCUT2D eigenvalue weighted by atomic mass is 35.5. The molecule has 2 atom stereocenters. The van der Waals surface area contributed by atoms with Gasteiger partial charge < -0.3 is 20.0 Å². The van der Waals surface area contributed by atoms with Gasteiger partial charge in [0, 0.05) is 5.92 Å². The lowest BCUT2D eigenvalue weighted by Gasteiger charge is -2.33. The first kappa shape index (κ1) is 13.6. The minimum absolute atomic E-state index is 0. The first-order chi connectivity index (χ1) is 7.72. The van der Waals surface area contributed by atoms with E-state index in [0.717, 1.165) is 0 Å². The molecule has 0 aliphatic carbocycles. The van der Waals surface area contributed by atoms with E-state index in [1.807, 2.05) is 31.2 Å². The van der Waals surface area contributed by atoms with Gasteiger partial charge in [-0.15, -0.1) is 12.4 Å². The van der Waals surface area contributed by atoms with Crippen molar-refractivity contribution in [3.8, 4) is 11.5 Å². The van der Waals surface area contributed by atoms with E-state index in [1.54, 1.807) is 0 Å². The fraction of sp³-hybridized carbons (Fsp3) is 0.417. The first-order valence-corrected chi connectivity index (χ1v) is 5.36. The molecule has 1 aromatic rings. The van der Waals surface area contributed by atoms with E-state index < -0.39 is 11.8 Å². The predicted molar refractivity (Wildman–Crippen MR) is 65.1 cm³/mol. The van der Waals surface area contributed by atoms with Gasteiger partial charge in [-0.2, -0.15) is 0 Å². The van der Waals surface area contributed by atoms with E-state index in [0.29, 0.717) is 24.5 Å². The van der Waals surface area contributed by atoms with Crippen molar-refractivity contribution >= 4 is 18.3 Å². The maximum absolute atomic E-state index is 11.1. The van der Waals surface area contributed by atoms with Crippen molar-refractivity contribution in [2.45, 2.75) is 19.4 Å². The molecule has 1 aliphatic heterocycles. The molecule has 94 valence electrons. The molecule has 0 bridgehead atoms. The fourth-order valence-corrected chi connectivity index (χ4v) is 1.85. The molecule has 0 fully saturated rings. The second kappa shape index (κ2) is 5.77. The number of nitrogens with one attached hydrogen (secondary N) is 1. The SMILES string of the molecule is CCC(C(=N)[O-])C1COc2ccccc2O1.Cl. The van der Waals surface area contributed by atoms with Crippen LogP contribution in [0.3, 0.4) is 0 Å². The van der Waals surface area contributed by atoms with Crippen LogP contribution in [0.25, 0.3) is 0 Å². The summed E-state index contributed by atoms with van der Waals surface area (Å²) in [5, 5.41) is 18.3. The van der Waals surface area contributed by atoms with Gasteiger partial charge in [-0.25, -0.2) is 0 Å². The zero-order valence-electron chi connectivity index (χ0n) is 9.51. The van der Waals surface area contributed by atoms with Crippen LogP contribution in [-0.2, 0) is 0 Å². The summed E-state index contributed by atoms with van der Waals surface area (Å²) < 4.78 is 11.2. The van der Waals surface area contributed by atoms with Crippen molar-refractivity contribution in [2.24, 2.45) is 5.92 Å². The van der Waals surface area contributed by atoms with Gasteiger partial charge in [0.15, 0.2) is 11.5 Å². The molecular formula is C12H15ClNO3-. The average molecular weight is 257 g/mol. The molecule has 0 saturated carbocycles. The average Bonchev–Trinajstić information content (AvgIpc) is 2.29. The zero-order chi connectivity index (χ0) is 11.5. The van der Waals surface area contributed by atoms with Gasteiger partial charge in [0.1, 0.15) is 12.7 Å². The molecule has 2 unspecified atom stereocenters. The Hall–Kier alpha value is -1.42. The van der Waals surface area contributed by atoms with Crippen molar-refractivity contribution in [3.63, 3.8) is 0 Å². The summed E-state index contributed by atoms with van der Waals surface area (Å²) >= 11 is 0. The van der Waals surface area contributed by atoms with Crippen LogP contribution in [0, 0.1) is 11.3 Å². The molecule has 0 saturated heterocycles. The molecule has 1 aliphatic rings. The zero-order valence-corrected chi connectivity index (χ0v) is 10.3. The molecule has 4 nitrogen and oxygen atoms in total. The standard InChI is InChI=1S/C12H15NO3.ClH/c1-2-8(12(13)14)11-7-15-9-5-3-4-6-10(9)16-11;/h3-6,8,11H,2,7H2,1H3,(H2,13,14);1H/p-1. The topological polar surface area (TPSA) is 65.4 Å². The summed E-state index contributed by atoms with van der Waals surface area (Å²) in [4.78, 5) is 0. The quantitative estimate of drug-likeness (QED) is 0.660. The molecule has 17 heavy (non-hydrogen) atoms. The number of hydrogen-bond donors (Lipinski definition) is 1. The highest BCUT2D eigenvalue weighted by molar-refractivity contribution is 5.85. The van der Waals surface area contributed by atoms with E-state index in [9.17, 15) is 5.11 Å². The second-order valence-corrected chi connectivity index (χ2v) is 3.79. The summed E-state index contributed by atoms with van der Waals surface area (Å²) in [6.07, 6.45) is 0.253. The van der Waals surface area contributed by atoms with E-state index in [-0.39, 0.29) is 18.5 Å². The van der Waals surface area contributed by atoms with E-state index in [4.69, 9.17) is 14.9 Å². The van der Waals surface area contributed by atoms with Crippen LogP contribution < -0.4 is 14.6 Å². The molecule has 0 aromatic heterocycles. The fourth-order valence-electron chi connectivity index (χ4n) is 1.85. The van der Waals surface area contributed by atoms with Crippen LogP contribution in [0.15, 0.2) is 24.3 Å². The number of halogens is 1. The minimum atomic E-state index is -0.588. The van der Waals surface area contributed by atoms with Crippen molar-refractivity contribution in [1.29, 1.82) is 5.41 Å². The second-order valence-electron chi connectivity index (χ2n) is 3.79. The number of hydrogen-bond acceptors (Lipinski definition) is 4. The van der Waals surface area contributed by atoms with Gasteiger partial charge in [-0.1, -0.05) is 19.1 Å². The largest absolute Gasteiger partial charge is 0.862 e. The normalized spacial score (nSPS) is 19.0. The monoisotopic (exact) mass is 256 g/mol. The van der Waals surface area contributed by atoms with Gasteiger partial charge in [0.25, 0.3) is 0 Å². The Morgan fingerprint density at radius 3 is 2.71 bits per heavy atom. The third kappa shape index (κ3) is 2.82. The summed E-state index contributed by atoms with van der Waals surface area (Å²) in [7, 11) is 0. The molecule has 0 spiro atoms. The summed E-state index contributed by atoms with van der Waals surface area (Å²) in [6.45, 7) is 2.21. The molecule has 1 N–H and O–H groups in total. The molecule has 0 radical (unpaired) electrons. The van der Waals surface area contributed by atoms with Gasteiger partial charge in [0.05, 0.1) is 0 Å². The Labute approximate surface area is 106 Å². The lowest BCUT2D eigenvalue weighted by molar-refractivity contribution is -0.229. The van der Waals surface area contributed by atoms with Gasteiger partial charge in [-0.05, 0) is 24.5 Å². The Kier molecular flexibility index (Phi) is 4.63. The Morgan fingerprint density at radius 2 is 2.12 bits per heavy atom. The lowest BCUT2D eigenvalue weighted by atomic mass is 9.99. The van der Waals surface area contributed by atoms with Gasteiger partial charge >= 0.3 is 0 Å². The van der Waals surface area contributed by atoms with Gasteiger partial charge in [-0.3, -0.25) is 0 Å². The van der Waals surface area contributed by atoms with Crippen molar-refractivity contribution < 1.29 is 14.6 Å². The molecule has 1 heterocycles. The Bertz CT molecular complexity index is 397. The van der Waals surface area contributed by atoms with Crippen LogP contribution in [0.4, 0.5) is 0 Å². The first-order valence-electron chi connectivity index (χ1n) is 5.36. The Morgan fingerprint density at radius 1 is 1.47 bits per heavy atom. The van der Waals surface area contributed by atoms with Crippen molar-refractivity contribution in [2.75, 3.05) is 6.61 Å². The van der Waals surface area contributed by atoms with Crippen LogP contribution in [-0.4, -0.2) is 18.6 Å². The van der Waals surface area contributed by atoms with E-state index in [1.165, 1.54) is 0 Å². The molecular weight excluding hydrogens is 242 g/mol. The number of benzene rings is 1. The van der Waals surface area contributed by atoms with Crippen LogP contribution in [0.5, 0.6) is 11.5 Å². The molecule has 2 rings (SSSR count). The molecule has 0 amide bonds. The number of rotatable bonds is 3. The van der Waals surface area contributed by atoms with Crippen molar-refractivity contribution in [3.05, 3.63) is 24.3 Å². The number of fused-ring (bicyclic) bond motifs is 1. The minimum Gasteiger partial charge on any atom is -0.862 e. The molecule has 1 aromatic carbocycles. The maximum atomic E-state index is 11.1. The van der Waals surface area contributed by atoms with Crippen LogP contribution in [0.2, 0.25) is 0 Å². The Balaban J connectivity index is 0.00000144. The van der Waals surface area contributed by atoms with E-state index >= 15 is 0 Å².